The van der Waals surface area contributed by atoms with Crippen LogP contribution in [0.3, 0.4) is 0 Å². The van der Waals surface area contributed by atoms with Gasteiger partial charge in [0.1, 0.15) is 5.75 Å². The number of hydrogen-bond acceptors (Lipinski definition) is 3. The van der Waals surface area contributed by atoms with Crippen molar-refractivity contribution in [2.75, 3.05) is 0 Å². The fraction of sp³-hybridized carbons (Fsp3) is 0. The second kappa shape index (κ2) is 7.37. The van der Waals surface area contributed by atoms with Crippen LogP contribution in [0.4, 0.5) is 0 Å². The maximum absolute atomic E-state index is 12.0. The number of hydrogen-bond donors (Lipinski definition) is 2. The summed E-state index contributed by atoms with van der Waals surface area (Å²) in [6, 6.07) is 10.8. The lowest BCUT2D eigenvalue weighted by Gasteiger charge is -2.04. The number of carbonyl (C=O) groups excluding carboxylic acids is 1. The molecule has 0 spiro atoms. The van der Waals surface area contributed by atoms with Crippen LogP contribution < -0.4 is 5.43 Å². The van der Waals surface area contributed by atoms with Gasteiger partial charge in [-0.05, 0) is 72.6 Å². The molecule has 0 saturated heterocycles. The number of phenols is 1. The minimum absolute atomic E-state index is 0.0499. The quantitative estimate of drug-likeness (QED) is 0.358. The van der Waals surface area contributed by atoms with Crippen molar-refractivity contribution in [1.82, 2.24) is 5.43 Å². The molecule has 1 amide bonds. The number of hydrazone groups is 1. The predicted molar refractivity (Wildman–Crippen MR) is 97.7 cm³/mol. The van der Waals surface area contributed by atoms with Gasteiger partial charge in [-0.2, -0.15) is 5.10 Å². The average molecular weight is 524 g/mol. The number of amides is 1. The number of benzene rings is 2. The lowest BCUT2D eigenvalue weighted by molar-refractivity contribution is 0.0955. The highest BCUT2D eigenvalue weighted by Gasteiger charge is 2.11. The number of rotatable bonds is 3. The van der Waals surface area contributed by atoms with Crippen LogP contribution in [-0.4, -0.2) is 17.2 Å². The summed E-state index contributed by atoms with van der Waals surface area (Å²) in [5.41, 5.74) is 3.76. The van der Waals surface area contributed by atoms with Crippen LogP contribution in [0.5, 0.6) is 5.75 Å². The topological polar surface area (TPSA) is 61.7 Å². The Balaban J connectivity index is 2.11. The van der Waals surface area contributed by atoms with Gasteiger partial charge in [0.15, 0.2) is 0 Å². The molecule has 21 heavy (non-hydrogen) atoms. The number of halogens is 3. The van der Waals surface area contributed by atoms with Gasteiger partial charge < -0.3 is 5.11 Å². The zero-order valence-electron chi connectivity index (χ0n) is 10.5. The third-order valence-corrected chi connectivity index (χ3v) is 4.75. The number of phenolic OH excluding ortho intramolecular Hbond substituents is 1. The summed E-state index contributed by atoms with van der Waals surface area (Å²) in [5.74, 6) is -0.313. The van der Waals surface area contributed by atoms with Gasteiger partial charge in [-0.3, -0.25) is 4.79 Å². The predicted octanol–water partition coefficient (Wildman–Crippen LogP) is 4.29. The lowest BCUT2D eigenvalue weighted by atomic mass is 10.2. The van der Waals surface area contributed by atoms with Gasteiger partial charge in [0, 0.05) is 14.7 Å². The van der Waals surface area contributed by atoms with E-state index < -0.39 is 0 Å². The summed E-state index contributed by atoms with van der Waals surface area (Å²) in [6.45, 7) is 0. The zero-order chi connectivity index (χ0) is 15.4. The molecule has 2 rings (SSSR count). The number of nitrogens with one attached hydrogen (secondary N) is 1. The largest absolute Gasteiger partial charge is 0.506 e. The molecule has 7 heteroatoms. The minimum Gasteiger partial charge on any atom is -0.506 e. The van der Waals surface area contributed by atoms with Gasteiger partial charge in [0.05, 0.1) is 15.2 Å². The van der Waals surface area contributed by atoms with E-state index in [4.69, 9.17) is 0 Å². The first kappa shape index (κ1) is 16.4. The molecule has 0 fully saturated rings. The second-order valence-electron chi connectivity index (χ2n) is 4.01. The summed E-state index contributed by atoms with van der Waals surface area (Å²) in [4.78, 5) is 12.0. The standard InChI is InChI=1S/C14H9Br2IN2O2/c15-10-5-9(6-11(16)13(10)20)14(21)19-18-7-8-3-1-2-4-12(8)17/h1-7,20H,(H,19,21)/b18-7-. The number of carbonyl (C=O) groups is 1. The van der Waals surface area contributed by atoms with Crippen LogP contribution in [0.15, 0.2) is 50.4 Å². The molecular weight excluding hydrogens is 515 g/mol. The van der Waals surface area contributed by atoms with Crippen LogP contribution in [0.2, 0.25) is 0 Å². The highest BCUT2D eigenvalue weighted by molar-refractivity contribution is 14.1. The SMILES string of the molecule is O=C(N/N=C\c1ccccc1I)c1cc(Br)c(O)c(Br)c1. The van der Waals surface area contributed by atoms with E-state index in [0.717, 1.165) is 9.13 Å². The van der Waals surface area contributed by atoms with Crippen LogP contribution in [0.1, 0.15) is 15.9 Å². The monoisotopic (exact) mass is 522 g/mol. The molecule has 0 bridgehead atoms. The lowest BCUT2D eigenvalue weighted by Crippen LogP contribution is -2.17. The Morgan fingerprint density at radius 1 is 1.24 bits per heavy atom. The van der Waals surface area contributed by atoms with Crippen molar-refractivity contribution in [3.63, 3.8) is 0 Å². The smallest absolute Gasteiger partial charge is 0.271 e. The molecule has 0 radical (unpaired) electrons. The Kier molecular flexibility index (Phi) is 5.77. The van der Waals surface area contributed by atoms with E-state index in [9.17, 15) is 9.90 Å². The van der Waals surface area contributed by atoms with Crippen molar-refractivity contribution in [3.8, 4) is 5.75 Å². The summed E-state index contributed by atoms with van der Waals surface area (Å²) in [6.07, 6.45) is 1.59. The van der Waals surface area contributed by atoms with Crippen molar-refractivity contribution in [2.45, 2.75) is 0 Å². The van der Waals surface area contributed by atoms with E-state index in [0.29, 0.717) is 14.5 Å². The molecular formula is C14H9Br2IN2O2. The highest BCUT2D eigenvalue weighted by atomic mass is 127. The molecule has 2 aromatic carbocycles. The molecule has 108 valence electrons. The highest BCUT2D eigenvalue weighted by Crippen LogP contribution is 2.33. The summed E-state index contributed by atoms with van der Waals surface area (Å²) in [7, 11) is 0. The number of aromatic hydroxyl groups is 1. The molecule has 0 aliphatic heterocycles. The molecule has 0 aliphatic rings. The molecule has 0 saturated carbocycles. The third kappa shape index (κ3) is 4.27. The van der Waals surface area contributed by atoms with Gasteiger partial charge in [-0.1, -0.05) is 18.2 Å². The van der Waals surface area contributed by atoms with Gasteiger partial charge in [-0.25, -0.2) is 5.43 Å². The molecule has 2 aromatic rings. The molecule has 0 aliphatic carbocycles. The maximum Gasteiger partial charge on any atom is 0.271 e. The zero-order valence-corrected chi connectivity index (χ0v) is 15.8. The van der Waals surface area contributed by atoms with E-state index in [-0.39, 0.29) is 11.7 Å². The van der Waals surface area contributed by atoms with Gasteiger partial charge >= 0.3 is 0 Å². The molecule has 4 nitrogen and oxygen atoms in total. The van der Waals surface area contributed by atoms with Crippen molar-refractivity contribution < 1.29 is 9.90 Å². The Morgan fingerprint density at radius 2 is 1.86 bits per heavy atom. The Hall–Kier alpha value is -0.930. The minimum atomic E-state index is -0.362. The van der Waals surface area contributed by atoms with Crippen LogP contribution >= 0.6 is 54.5 Å². The van der Waals surface area contributed by atoms with E-state index in [1.54, 1.807) is 6.21 Å². The van der Waals surface area contributed by atoms with Crippen molar-refractivity contribution in [2.24, 2.45) is 5.10 Å². The van der Waals surface area contributed by atoms with E-state index in [1.165, 1.54) is 12.1 Å². The first-order valence-corrected chi connectivity index (χ1v) is 8.41. The van der Waals surface area contributed by atoms with Crippen LogP contribution in [0, 0.1) is 3.57 Å². The summed E-state index contributed by atoms with van der Waals surface area (Å²) >= 11 is 8.56. The normalized spacial score (nSPS) is 10.8. The third-order valence-electron chi connectivity index (χ3n) is 2.55. The van der Waals surface area contributed by atoms with Crippen molar-refractivity contribution >= 4 is 66.6 Å². The van der Waals surface area contributed by atoms with Crippen LogP contribution in [0.25, 0.3) is 0 Å². The fourth-order valence-electron chi connectivity index (χ4n) is 1.50. The van der Waals surface area contributed by atoms with E-state index >= 15 is 0 Å². The fourth-order valence-corrected chi connectivity index (χ4v) is 3.21. The van der Waals surface area contributed by atoms with E-state index in [1.807, 2.05) is 24.3 Å². The number of nitrogens with zero attached hydrogens (tertiary/aromatic N) is 1. The molecule has 0 unspecified atom stereocenters. The van der Waals surface area contributed by atoms with E-state index in [2.05, 4.69) is 65.0 Å². The van der Waals surface area contributed by atoms with Crippen LogP contribution in [-0.2, 0) is 0 Å². The molecule has 0 atom stereocenters. The first-order valence-electron chi connectivity index (χ1n) is 5.75. The Morgan fingerprint density at radius 3 is 2.48 bits per heavy atom. The second-order valence-corrected chi connectivity index (χ2v) is 6.88. The molecule has 0 heterocycles. The molecule has 0 aromatic heterocycles. The Bertz CT molecular complexity index is 697. The first-order chi connectivity index (χ1) is 9.99. The van der Waals surface area contributed by atoms with Gasteiger partial charge in [0.25, 0.3) is 5.91 Å². The summed E-state index contributed by atoms with van der Waals surface area (Å²) in [5, 5.41) is 13.5. The van der Waals surface area contributed by atoms with Crippen molar-refractivity contribution in [1.29, 1.82) is 0 Å². The van der Waals surface area contributed by atoms with Gasteiger partial charge in [0.2, 0.25) is 0 Å². The Labute approximate surface area is 152 Å². The summed E-state index contributed by atoms with van der Waals surface area (Å²) < 4.78 is 1.91. The van der Waals surface area contributed by atoms with Crippen molar-refractivity contribution in [3.05, 3.63) is 60.0 Å². The molecule has 2 N–H and O–H groups in total. The maximum atomic E-state index is 12.0. The average Bonchev–Trinajstić information content (AvgIpc) is 2.46. The van der Waals surface area contributed by atoms with Gasteiger partial charge in [-0.15, -0.1) is 0 Å².